The van der Waals surface area contributed by atoms with Crippen LogP contribution >= 0.6 is 0 Å². The summed E-state index contributed by atoms with van der Waals surface area (Å²) in [7, 11) is 5.09. The summed E-state index contributed by atoms with van der Waals surface area (Å²) in [6.45, 7) is 4.13. The minimum Gasteiger partial charge on any atom is -0.398 e. The van der Waals surface area contributed by atoms with Gasteiger partial charge in [0, 0.05) is 56.3 Å². The SMILES string of the molecule is CO[C@H]1CC[C@](C)(OC(O)c2ccccc2N)C2CC3C[C@]21C1C[C@H]2[C@H](OC)[C@]1(O)[C@]3(O)C[C@]2(C)OC. The Morgan fingerprint density at radius 3 is 2.38 bits per heavy atom. The van der Waals surface area contributed by atoms with E-state index >= 15 is 0 Å². The molecule has 5 fully saturated rings. The van der Waals surface area contributed by atoms with Crippen LogP contribution in [-0.4, -0.2) is 71.3 Å². The lowest BCUT2D eigenvalue weighted by atomic mass is 9.47. The third kappa shape index (κ3) is 2.98. The molecular formula is C29H43NO7. The first kappa shape index (κ1) is 26.0. The molecule has 5 aliphatic carbocycles. The monoisotopic (exact) mass is 517 g/mol. The van der Waals surface area contributed by atoms with Gasteiger partial charge in [-0.15, -0.1) is 0 Å². The molecular weight excluding hydrogens is 474 g/mol. The predicted molar refractivity (Wildman–Crippen MR) is 136 cm³/mol. The summed E-state index contributed by atoms with van der Waals surface area (Å²) in [5.74, 6) is -0.527. The topological polar surface area (TPSA) is 124 Å². The zero-order valence-corrected chi connectivity index (χ0v) is 22.6. The first-order valence-electron chi connectivity index (χ1n) is 13.7. The lowest BCUT2D eigenvalue weighted by Gasteiger charge is -2.64. The van der Waals surface area contributed by atoms with Gasteiger partial charge in [-0.05, 0) is 63.9 Å². The second kappa shape index (κ2) is 8.13. The van der Waals surface area contributed by atoms with Crippen molar-refractivity contribution >= 4 is 5.69 Å². The maximum Gasteiger partial charge on any atom is 0.183 e. The number of nitrogens with two attached hydrogens (primary N) is 1. The van der Waals surface area contributed by atoms with E-state index in [0.717, 1.165) is 12.8 Å². The first-order chi connectivity index (χ1) is 17.4. The summed E-state index contributed by atoms with van der Waals surface area (Å²) in [5.41, 5.74) is 2.70. The molecule has 4 unspecified atom stereocenters. The molecule has 0 saturated heterocycles. The third-order valence-corrected chi connectivity index (χ3v) is 11.9. The van der Waals surface area contributed by atoms with Crippen LogP contribution in [0.15, 0.2) is 24.3 Å². The van der Waals surface area contributed by atoms with Gasteiger partial charge in [-0.1, -0.05) is 18.2 Å². The van der Waals surface area contributed by atoms with Gasteiger partial charge < -0.3 is 40.0 Å². The Hall–Kier alpha value is -1.26. The number of aliphatic hydroxyl groups excluding tert-OH is 1. The molecule has 6 rings (SSSR count). The van der Waals surface area contributed by atoms with E-state index in [2.05, 4.69) is 6.92 Å². The van der Waals surface area contributed by atoms with Crippen LogP contribution in [0.4, 0.5) is 5.69 Å². The standard InChI is InChI=1S/C29H43NO7/c1-25(37-24(31)17-8-6-7-9-19(17)30)11-10-22(34-3)27-14-16(12-20(25)27)28(32)15-26(2,36-5)18-13-21(27)29(28,33)23(18)35-4/h6-9,16,18,20-24,31-33H,10-15,30H2,1-5H3/t16?,18-,20?,21?,22-,23-,24?,25-,26-,27+,28-,29-/m0/s1. The number of nitrogen functional groups attached to an aromatic ring is 1. The highest BCUT2D eigenvalue weighted by atomic mass is 16.6. The van der Waals surface area contributed by atoms with E-state index in [-0.39, 0.29) is 29.8 Å². The van der Waals surface area contributed by atoms with E-state index in [4.69, 9.17) is 24.7 Å². The Bertz CT molecular complexity index is 1070. The van der Waals surface area contributed by atoms with Gasteiger partial charge in [-0.2, -0.15) is 0 Å². The molecule has 206 valence electrons. The van der Waals surface area contributed by atoms with Crippen molar-refractivity contribution in [2.24, 2.45) is 29.1 Å². The van der Waals surface area contributed by atoms with Gasteiger partial charge >= 0.3 is 0 Å². The second-order valence-electron chi connectivity index (χ2n) is 13.0. The van der Waals surface area contributed by atoms with Crippen LogP contribution in [0.5, 0.6) is 0 Å². The molecule has 8 heteroatoms. The number of anilines is 1. The average molecular weight is 518 g/mol. The highest BCUT2D eigenvalue weighted by Gasteiger charge is 2.85. The molecule has 0 radical (unpaired) electrons. The van der Waals surface area contributed by atoms with Gasteiger partial charge in [0.25, 0.3) is 0 Å². The van der Waals surface area contributed by atoms with E-state index in [1.807, 2.05) is 19.1 Å². The lowest BCUT2D eigenvalue weighted by molar-refractivity contribution is -0.324. The molecule has 1 aromatic rings. The van der Waals surface area contributed by atoms with Crippen molar-refractivity contribution in [1.29, 1.82) is 0 Å². The van der Waals surface area contributed by atoms with Crippen LogP contribution in [0.3, 0.4) is 0 Å². The number of fused-ring (bicyclic) bond motifs is 3. The van der Waals surface area contributed by atoms with Crippen molar-refractivity contribution < 1.29 is 34.3 Å². The highest BCUT2D eigenvalue weighted by molar-refractivity contribution is 5.47. The van der Waals surface area contributed by atoms with Gasteiger partial charge in [0.1, 0.15) is 11.2 Å². The van der Waals surface area contributed by atoms with Crippen molar-refractivity contribution in [3.8, 4) is 0 Å². The fourth-order valence-electron chi connectivity index (χ4n) is 10.4. The highest BCUT2D eigenvalue weighted by Crippen LogP contribution is 2.78. The molecule has 12 atom stereocenters. The zero-order valence-electron chi connectivity index (χ0n) is 22.6. The van der Waals surface area contributed by atoms with Gasteiger partial charge in [-0.3, -0.25) is 0 Å². The van der Waals surface area contributed by atoms with Crippen LogP contribution in [0.2, 0.25) is 0 Å². The summed E-state index contributed by atoms with van der Waals surface area (Å²) >= 11 is 0. The minimum atomic E-state index is -1.42. The van der Waals surface area contributed by atoms with Gasteiger partial charge in [-0.25, -0.2) is 0 Å². The fourth-order valence-corrected chi connectivity index (χ4v) is 10.4. The summed E-state index contributed by atoms with van der Waals surface area (Å²) in [5, 5.41) is 36.4. The molecule has 8 nitrogen and oxygen atoms in total. The number of aliphatic hydroxyl groups is 3. The van der Waals surface area contributed by atoms with Gasteiger partial charge in [0.15, 0.2) is 6.29 Å². The van der Waals surface area contributed by atoms with E-state index in [0.29, 0.717) is 36.9 Å². The maximum atomic E-state index is 12.6. The molecule has 37 heavy (non-hydrogen) atoms. The van der Waals surface area contributed by atoms with Crippen LogP contribution in [0.25, 0.3) is 0 Å². The van der Waals surface area contributed by atoms with Crippen LogP contribution < -0.4 is 5.73 Å². The van der Waals surface area contributed by atoms with Crippen molar-refractivity contribution in [2.75, 3.05) is 27.1 Å². The van der Waals surface area contributed by atoms with Crippen molar-refractivity contribution in [3.05, 3.63) is 29.8 Å². The molecule has 1 aromatic carbocycles. The Labute approximate surface area is 219 Å². The second-order valence-corrected chi connectivity index (χ2v) is 13.0. The molecule has 5 N–H and O–H groups in total. The number of para-hydroxylation sites is 1. The first-order valence-corrected chi connectivity index (χ1v) is 13.7. The number of rotatable bonds is 6. The lowest BCUT2D eigenvalue weighted by Crippen LogP contribution is -2.76. The Kier molecular flexibility index (Phi) is 5.71. The largest absolute Gasteiger partial charge is 0.398 e. The van der Waals surface area contributed by atoms with Crippen LogP contribution in [0, 0.1) is 29.1 Å². The summed E-state index contributed by atoms with van der Waals surface area (Å²) < 4.78 is 24.8. The van der Waals surface area contributed by atoms with Crippen molar-refractivity contribution in [3.63, 3.8) is 0 Å². The van der Waals surface area contributed by atoms with Crippen molar-refractivity contribution in [1.82, 2.24) is 0 Å². The third-order valence-electron chi connectivity index (χ3n) is 11.9. The molecule has 0 aliphatic heterocycles. The number of hydrogen-bond donors (Lipinski definition) is 4. The number of benzene rings is 1. The Balaban J connectivity index is 1.46. The molecule has 0 amide bonds. The van der Waals surface area contributed by atoms with Crippen LogP contribution in [0.1, 0.15) is 64.2 Å². The van der Waals surface area contributed by atoms with E-state index in [1.165, 1.54) is 0 Å². The summed E-state index contributed by atoms with van der Waals surface area (Å²) in [6, 6.07) is 7.23. The van der Waals surface area contributed by atoms with E-state index in [9.17, 15) is 15.3 Å². The molecule has 4 bridgehead atoms. The molecule has 5 aliphatic rings. The van der Waals surface area contributed by atoms with Crippen molar-refractivity contribution in [2.45, 2.75) is 93.3 Å². The molecule has 0 heterocycles. The number of ether oxygens (including phenoxy) is 4. The molecule has 1 spiro atoms. The quantitative estimate of drug-likeness (QED) is 0.336. The fraction of sp³-hybridized carbons (Fsp3) is 0.793. The number of hydrogen-bond acceptors (Lipinski definition) is 8. The normalized spacial score (nSPS) is 52.6. The van der Waals surface area contributed by atoms with E-state index < -0.39 is 40.2 Å². The summed E-state index contributed by atoms with van der Waals surface area (Å²) in [6.07, 6.45) is 2.08. The minimum absolute atomic E-state index is 0.0306. The average Bonchev–Trinajstić information content (AvgIpc) is 3.40. The zero-order chi connectivity index (χ0) is 26.6. The maximum absolute atomic E-state index is 12.6. The Morgan fingerprint density at radius 1 is 1.00 bits per heavy atom. The smallest absolute Gasteiger partial charge is 0.183 e. The molecule has 0 aromatic heterocycles. The Morgan fingerprint density at radius 2 is 1.73 bits per heavy atom. The van der Waals surface area contributed by atoms with Gasteiger partial charge in [0.05, 0.1) is 23.4 Å². The molecule has 5 saturated carbocycles. The predicted octanol–water partition coefficient (Wildman–Crippen LogP) is 2.79. The summed E-state index contributed by atoms with van der Waals surface area (Å²) in [4.78, 5) is 0. The van der Waals surface area contributed by atoms with E-state index in [1.54, 1.807) is 33.5 Å². The van der Waals surface area contributed by atoms with Gasteiger partial charge in [0.2, 0.25) is 0 Å². The van der Waals surface area contributed by atoms with Crippen LogP contribution in [-0.2, 0) is 18.9 Å². The number of methoxy groups -OCH3 is 3.